The molecule has 2 nitrogen and oxygen atoms in total. The van der Waals surface area contributed by atoms with Crippen molar-refractivity contribution in [3.05, 3.63) is 0 Å². The average molecular weight is 218 g/mol. The van der Waals surface area contributed by atoms with Gasteiger partial charge in [0.05, 0.1) is 0 Å². The molecule has 1 aliphatic carbocycles. The highest BCUT2D eigenvalue weighted by Gasteiger charge is 2.41. The van der Waals surface area contributed by atoms with Gasteiger partial charge in [-0.2, -0.15) is 0 Å². The van der Waals surface area contributed by atoms with Gasteiger partial charge in [-0.05, 0) is 19.3 Å². The first-order valence-corrected chi connectivity index (χ1v) is 6.08. The smallest absolute Gasteiger partial charge is 0.220 e. The lowest BCUT2D eigenvalue weighted by Gasteiger charge is -2.12. The highest BCUT2D eigenvalue weighted by molar-refractivity contribution is 6.18. The highest BCUT2D eigenvalue weighted by atomic mass is 35.5. The third-order valence-corrected chi connectivity index (χ3v) is 3.48. The topological polar surface area (TPSA) is 29.1 Å². The molecule has 1 fully saturated rings. The van der Waals surface area contributed by atoms with Gasteiger partial charge in [-0.25, -0.2) is 0 Å². The van der Waals surface area contributed by atoms with Crippen LogP contribution >= 0.6 is 11.6 Å². The second-order valence-electron chi connectivity index (χ2n) is 4.37. The van der Waals surface area contributed by atoms with E-state index in [0.29, 0.717) is 12.3 Å². The van der Waals surface area contributed by atoms with E-state index in [1.807, 2.05) is 0 Å². The molecule has 1 saturated carbocycles. The number of carbonyl (C=O) groups excluding carboxylic acids is 1. The molecule has 0 aromatic rings. The Morgan fingerprint density at radius 1 is 1.43 bits per heavy atom. The maximum atomic E-state index is 11.4. The van der Waals surface area contributed by atoms with Gasteiger partial charge in [-0.15, -0.1) is 11.6 Å². The zero-order valence-electron chi connectivity index (χ0n) is 8.94. The number of alkyl halides is 1. The molecule has 0 atom stereocenters. The molecule has 1 rings (SSSR count). The normalized spacial score (nSPS) is 17.9. The van der Waals surface area contributed by atoms with Crippen molar-refractivity contribution in [3.63, 3.8) is 0 Å². The minimum Gasteiger partial charge on any atom is -0.356 e. The highest BCUT2D eigenvalue weighted by Crippen LogP contribution is 2.45. The molecular weight excluding hydrogens is 198 g/mol. The van der Waals surface area contributed by atoms with Gasteiger partial charge in [-0.1, -0.05) is 19.8 Å². The fourth-order valence-electron chi connectivity index (χ4n) is 1.44. The number of hydrogen-bond donors (Lipinski definition) is 1. The number of rotatable bonds is 7. The van der Waals surface area contributed by atoms with E-state index in [2.05, 4.69) is 12.2 Å². The molecule has 0 aromatic heterocycles. The molecule has 0 bridgehead atoms. The van der Waals surface area contributed by atoms with Crippen LogP contribution < -0.4 is 5.32 Å². The van der Waals surface area contributed by atoms with Crippen LogP contribution in [0.4, 0.5) is 0 Å². The lowest BCUT2D eigenvalue weighted by Crippen LogP contribution is -2.30. The molecule has 1 N–H and O–H groups in total. The van der Waals surface area contributed by atoms with E-state index in [9.17, 15) is 4.79 Å². The van der Waals surface area contributed by atoms with Crippen molar-refractivity contribution in [2.45, 2.75) is 45.4 Å². The van der Waals surface area contributed by atoms with Crippen LogP contribution in [0.3, 0.4) is 0 Å². The second-order valence-corrected chi connectivity index (χ2v) is 4.63. The molecule has 0 radical (unpaired) electrons. The van der Waals surface area contributed by atoms with Crippen LogP contribution in [0.25, 0.3) is 0 Å². The van der Waals surface area contributed by atoms with Gasteiger partial charge in [-0.3, -0.25) is 4.79 Å². The summed E-state index contributed by atoms with van der Waals surface area (Å²) in [6.45, 7) is 2.92. The predicted molar refractivity (Wildman–Crippen MR) is 59.5 cm³/mol. The van der Waals surface area contributed by atoms with Crippen LogP contribution in [0.15, 0.2) is 0 Å². The number of carbonyl (C=O) groups is 1. The molecule has 1 aliphatic rings. The lowest BCUT2D eigenvalue weighted by molar-refractivity contribution is -0.121. The zero-order valence-corrected chi connectivity index (χ0v) is 9.70. The first-order chi connectivity index (χ1) is 6.72. The van der Waals surface area contributed by atoms with Crippen molar-refractivity contribution < 1.29 is 4.79 Å². The summed E-state index contributed by atoms with van der Waals surface area (Å²) in [5, 5.41) is 2.97. The fourth-order valence-corrected chi connectivity index (χ4v) is 1.81. The first kappa shape index (κ1) is 11.8. The van der Waals surface area contributed by atoms with Crippen molar-refractivity contribution in [1.82, 2.24) is 5.32 Å². The predicted octanol–water partition coefficient (Wildman–Crippen LogP) is 2.70. The summed E-state index contributed by atoms with van der Waals surface area (Å²) in [6, 6.07) is 0. The van der Waals surface area contributed by atoms with E-state index in [0.717, 1.165) is 19.4 Å². The van der Waals surface area contributed by atoms with E-state index in [4.69, 9.17) is 11.6 Å². The van der Waals surface area contributed by atoms with Gasteiger partial charge >= 0.3 is 0 Å². The summed E-state index contributed by atoms with van der Waals surface area (Å²) >= 11 is 5.81. The summed E-state index contributed by atoms with van der Waals surface area (Å²) in [5.41, 5.74) is 0.252. The van der Waals surface area contributed by atoms with Crippen LogP contribution in [0.1, 0.15) is 45.4 Å². The summed E-state index contributed by atoms with van der Waals surface area (Å²) in [7, 11) is 0. The van der Waals surface area contributed by atoms with Crippen LogP contribution in [0.5, 0.6) is 0 Å². The van der Waals surface area contributed by atoms with Gasteiger partial charge in [0.15, 0.2) is 0 Å². The Labute approximate surface area is 91.4 Å². The SMILES string of the molecule is CCCCCC(=O)NCC1(CCl)CC1. The Morgan fingerprint density at radius 2 is 2.14 bits per heavy atom. The fraction of sp³-hybridized carbons (Fsp3) is 0.909. The minimum absolute atomic E-state index is 0.190. The van der Waals surface area contributed by atoms with Crippen LogP contribution in [-0.2, 0) is 4.79 Å². The van der Waals surface area contributed by atoms with Crippen molar-refractivity contribution >= 4 is 17.5 Å². The number of hydrogen-bond acceptors (Lipinski definition) is 1. The molecule has 0 spiro atoms. The van der Waals surface area contributed by atoms with Gasteiger partial charge in [0, 0.05) is 24.3 Å². The number of amides is 1. The standard InChI is InChI=1S/C11H20ClNO/c1-2-3-4-5-10(14)13-9-11(8-12)6-7-11/h2-9H2,1H3,(H,13,14). The Kier molecular flexibility index (Phi) is 4.73. The number of nitrogens with one attached hydrogen (secondary N) is 1. The maximum absolute atomic E-state index is 11.4. The van der Waals surface area contributed by atoms with Crippen molar-refractivity contribution in [1.29, 1.82) is 0 Å². The minimum atomic E-state index is 0.190. The van der Waals surface area contributed by atoms with Crippen molar-refractivity contribution in [2.75, 3.05) is 12.4 Å². The molecule has 14 heavy (non-hydrogen) atoms. The molecule has 0 heterocycles. The van der Waals surface area contributed by atoms with E-state index in [1.165, 1.54) is 19.3 Å². The third kappa shape index (κ3) is 3.87. The monoisotopic (exact) mass is 217 g/mol. The van der Waals surface area contributed by atoms with E-state index >= 15 is 0 Å². The lowest BCUT2D eigenvalue weighted by atomic mass is 10.1. The summed E-state index contributed by atoms with van der Waals surface area (Å²) in [5.74, 6) is 0.872. The van der Waals surface area contributed by atoms with E-state index in [1.54, 1.807) is 0 Å². The van der Waals surface area contributed by atoms with Crippen molar-refractivity contribution in [3.8, 4) is 0 Å². The molecule has 3 heteroatoms. The van der Waals surface area contributed by atoms with Crippen molar-refractivity contribution in [2.24, 2.45) is 5.41 Å². The van der Waals surface area contributed by atoms with Gasteiger partial charge in [0.1, 0.15) is 0 Å². The largest absolute Gasteiger partial charge is 0.356 e. The number of unbranched alkanes of at least 4 members (excludes halogenated alkanes) is 2. The molecule has 82 valence electrons. The molecule has 0 saturated heterocycles. The van der Waals surface area contributed by atoms with Crippen LogP contribution in [0, 0.1) is 5.41 Å². The summed E-state index contributed by atoms with van der Waals surface area (Å²) in [6.07, 6.45) is 6.34. The van der Waals surface area contributed by atoms with Gasteiger partial charge in [0.25, 0.3) is 0 Å². The third-order valence-electron chi connectivity index (χ3n) is 2.91. The summed E-state index contributed by atoms with van der Waals surface area (Å²) in [4.78, 5) is 11.4. The molecule has 0 unspecified atom stereocenters. The second kappa shape index (κ2) is 5.59. The van der Waals surface area contributed by atoms with Crippen LogP contribution in [0.2, 0.25) is 0 Å². The quantitative estimate of drug-likeness (QED) is 0.516. The van der Waals surface area contributed by atoms with E-state index < -0.39 is 0 Å². The van der Waals surface area contributed by atoms with Gasteiger partial charge in [0.2, 0.25) is 5.91 Å². The Hall–Kier alpha value is -0.240. The molecule has 1 amide bonds. The average Bonchev–Trinajstić information content (AvgIpc) is 2.96. The Balaban J connectivity index is 2.03. The number of halogens is 1. The molecular formula is C11H20ClNO. The summed E-state index contributed by atoms with van der Waals surface area (Å²) < 4.78 is 0. The Bertz CT molecular complexity index is 190. The maximum Gasteiger partial charge on any atom is 0.220 e. The molecule has 0 aromatic carbocycles. The van der Waals surface area contributed by atoms with E-state index in [-0.39, 0.29) is 11.3 Å². The first-order valence-electron chi connectivity index (χ1n) is 5.55. The van der Waals surface area contributed by atoms with Crippen LogP contribution in [-0.4, -0.2) is 18.3 Å². The zero-order chi connectivity index (χ0) is 10.4. The molecule has 0 aliphatic heterocycles. The van der Waals surface area contributed by atoms with Gasteiger partial charge < -0.3 is 5.32 Å². The Morgan fingerprint density at radius 3 is 2.64 bits per heavy atom.